The fourth-order valence-corrected chi connectivity index (χ4v) is 2.53. The van der Waals surface area contributed by atoms with Crippen LogP contribution in [0, 0.1) is 0 Å². The molecular formula is C14H16N2O3. The lowest BCUT2D eigenvalue weighted by molar-refractivity contribution is -0.134. The SMILES string of the molecule is O=C1CCC(NCC2Cc3ccccc3O2)C(=O)N1. The molecule has 0 aliphatic carbocycles. The minimum absolute atomic E-state index is 0.0582. The van der Waals surface area contributed by atoms with Crippen molar-refractivity contribution in [3.63, 3.8) is 0 Å². The van der Waals surface area contributed by atoms with Crippen LogP contribution < -0.4 is 15.4 Å². The molecule has 2 atom stereocenters. The van der Waals surface area contributed by atoms with Gasteiger partial charge in [0.25, 0.3) is 0 Å². The molecule has 0 aromatic heterocycles. The number of para-hydroxylation sites is 1. The number of nitrogens with one attached hydrogen (secondary N) is 2. The molecule has 0 saturated carbocycles. The summed E-state index contributed by atoms with van der Waals surface area (Å²) in [5.74, 6) is 0.511. The summed E-state index contributed by atoms with van der Waals surface area (Å²) >= 11 is 0. The summed E-state index contributed by atoms with van der Waals surface area (Å²) in [6.07, 6.45) is 1.87. The summed E-state index contributed by atoms with van der Waals surface area (Å²) in [6.45, 7) is 0.612. The van der Waals surface area contributed by atoms with Crippen LogP contribution in [0.2, 0.25) is 0 Å². The van der Waals surface area contributed by atoms with Gasteiger partial charge in [0.05, 0.1) is 6.04 Å². The maximum atomic E-state index is 11.6. The molecule has 19 heavy (non-hydrogen) atoms. The highest BCUT2D eigenvalue weighted by Crippen LogP contribution is 2.27. The molecule has 0 bridgehead atoms. The first-order valence-electron chi connectivity index (χ1n) is 6.54. The Labute approximate surface area is 111 Å². The van der Waals surface area contributed by atoms with Crippen LogP contribution in [-0.2, 0) is 16.0 Å². The number of carbonyl (C=O) groups is 2. The molecule has 5 nitrogen and oxygen atoms in total. The molecule has 5 heteroatoms. The van der Waals surface area contributed by atoms with Crippen LogP contribution in [-0.4, -0.2) is 30.5 Å². The van der Waals surface area contributed by atoms with Crippen molar-refractivity contribution in [2.75, 3.05) is 6.54 Å². The second-order valence-electron chi connectivity index (χ2n) is 4.96. The summed E-state index contributed by atoms with van der Waals surface area (Å²) in [6, 6.07) is 7.68. The van der Waals surface area contributed by atoms with Gasteiger partial charge in [-0.15, -0.1) is 0 Å². The Hall–Kier alpha value is -1.88. The Kier molecular flexibility index (Phi) is 3.21. The predicted molar refractivity (Wildman–Crippen MR) is 68.7 cm³/mol. The van der Waals surface area contributed by atoms with Crippen LogP contribution in [0.25, 0.3) is 0 Å². The van der Waals surface area contributed by atoms with Gasteiger partial charge in [0.2, 0.25) is 11.8 Å². The lowest BCUT2D eigenvalue weighted by Gasteiger charge is -2.23. The average molecular weight is 260 g/mol. The number of imide groups is 1. The maximum absolute atomic E-state index is 11.6. The van der Waals surface area contributed by atoms with Crippen LogP contribution in [0.5, 0.6) is 5.75 Å². The second kappa shape index (κ2) is 5.01. The number of amides is 2. The molecule has 3 rings (SSSR count). The van der Waals surface area contributed by atoms with Crippen molar-refractivity contribution in [1.29, 1.82) is 0 Å². The molecule has 1 saturated heterocycles. The van der Waals surface area contributed by atoms with Crippen molar-refractivity contribution in [3.8, 4) is 5.75 Å². The number of rotatable bonds is 3. The van der Waals surface area contributed by atoms with Crippen molar-refractivity contribution >= 4 is 11.8 Å². The van der Waals surface area contributed by atoms with E-state index in [0.29, 0.717) is 19.4 Å². The minimum atomic E-state index is -0.287. The number of hydrogen-bond acceptors (Lipinski definition) is 4. The number of benzene rings is 1. The van der Waals surface area contributed by atoms with Crippen LogP contribution >= 0.6 is 0 Å². The third-order valence-electron chi connectivity index (χ3n) is 3.54. The first-order valence-corrected chi connectivity index (χ1v) is 6.54. The lowest BCUT2D eigenvalue weighted by atomic mass is 10.1. The standard InChI is InChI=1S/C14H16N2O3/c17-13-6-5-11(14(18)16-13)15-8-10-7-9-3-1-2-4-12(9)19-10/h1-4,10-11,15H,5-8H2,(H,16,17,18). The molecule has 1 fully saturated rings. The molecular weight excluding hydrogens is 244 g/mol. The number of carbonyl (C=O) groups excluding carboxylic acids is 2. The minimum Gasteiger partial charge on any atom is -0.488 e. The number of ether oxygens (including phenoxy) is 1. The number of piperidine rings is 1. The highest BCUT2D eigenvalue weighted by Gasteiger charge is 2.28. The summed E-state index contributed by atoms with van der Waals surface area (Å²) < 4.78 is 5.79. The van der Waals surface area contributed by atoms with E-state index in [1.54, 1.807) is 0 Å². The monoisotopic (exact) mass is 260 g/mol. The first kappa shape index (κ1) is 12.2. The zero-order valence-electron chi connectivity index (χ0n) is 10.5. The third kappa shape index (κ3) is 2.61. The van der Waals surface area contributed by atoms with Gasteiger partial charge in [0.1, 0.15) is 11.9 Å². The Morgan fingerprint density at radius 3 is 2.95 bits per heavy atom. The molecule has 0 radical (unpaired) electrons. The van der Waals surface area contributed by atoms with Gasteiger partial charge in [0, 0.05) is 19.4 Å². The maximum Gasteiger partial charge on any atom is 0.243 e. The van der Waals surface area contributed by atoms with Gasteiger partial charge in [-0.3, -0.25) is 14.9 Å². The third-order valence-corrected chi connectivity index (χ3v) is 3.54. The largest absolute Gasteiger partial charge is 0.488 e. The van der Waals surface area contributed by atoms with Gasteiger partial charge in [-0.05, 0) is 18.1 Å². The lowest BCUT2D eigenvalue weighted by Crippen LogP contribution is -2.52. The van der Waals surface area contributed by atoms with Crippen molar-refractivity contribution < 1.29 is 14.3 Å². The highest BCUT2D eigenvalue weighted by molar-refractivity contribution is 6.00. The van der Waals surface area contributed by atoms with Gasteiger partial charge >= 0.3 is 0 Å². The zero-order chi connectivity index (χ0) is 13.2. The molecule has 2 heterocycles. The van der Waals surface area contributed by atoms with E-state index in [0.717, 1.165) is 12.2 Å². The Bertz CT molecular complexity index is 490. The molecule has 1 aromatic rings. The fraction of sp³-hybridized carbons (Fsp3) is 0.429. The van der Waals surface area contributed by atoms with E-state index in [1.807, 2.05) is 18.2 Å². The quantitative estimate of drug-likeness (QED) is 0.771. The number of fused-ring (bicyclic) bond motifs is 1. The first-order chi connectivity index (χ1) is 9.22. The summed E-state index contributed by atoms with van der Waals surface area (Å²) in [7, 11) is 0. The molecule has 0 spiro atoms. The Morgan fingerprint density at radius 2 is 2.16 bits per heavy atom. The highest BCUT2D eigenvalue weighted by atomic mass is 16.5. The predicted octanol–water partition coefficient (Wildman–Crippen LogP) is 0.385. The fourth-order valence-electron chi connectivity index (χ4n) is 2.53. The Balaban J connectivity index is 1.52. The van der Waals surface area contributed by atoms with Crippen LogP contribution in [0.15, 0.2) is 24.3 Å². The van der Waals surface area contributed by atoms with Crippen LogP contribution in [0.1, 0.15) is 18.4 Å². The smallest absolute Gasteiger partial charge is 0.243 e. The van der Waals surface area contributed by atoms with Gasteiger partial charge in [0.15, 0.2) is 0 Å². The van der Waals surface area contributed by atoms with Crippen molar-refractivity contribution in [2.24, 2.45) is 0 Å². The van der Waals surface area contributed by atoms with Crippen molar-refractivity contribution in [1.82, 2.24) is 10.6 Å². The van der Waals surface area contributed by atoms with Crippen LogP contribution in [0.4, 0.5) is 0 Å². The molecule has 2 aliphatic rings. The normalized spacial score (nSPS) is 25.7. The Morgan fingerprint density at radius 1 is 1.32 bits per heavy atom. The van der Waals surface area contributed by atoms with Gasteiger partial charge in [-0.25, -0.2) is 0 Å². The van der Waals surface area contributed by atoms with Crippen molar-refractivity contribution in [3.05, 3.63) is 29.8 Å². The van der Waals surface area contributed by atoms with E-state index >= 15 is 0 Å². The summed E-state index contributed by atoms with van der Waals surface area (Å²) in [5.41, 5.74) is 1.21. The van der Waals surface area contributed by atoms with E-state index in [2.05, 4.69) is 16.7 Å². The van der Waals surface area contributed by atoms with E-state index in [9.17, 15) is 9.59 Å². The molecule has 2 amide bonds. The molecule has 2 unspecified atom stereocenters. The summed E-state index contributed by atoms with van der Waals surface area (Å²) in [4.78, 5) is 22.6. The van der Waals surface area contributed by atoms with E-state index in [4.69, 9.17) is 4.74 Å². The van der Waals surface area contributed by atoms with E-state index in [-0.39, 0.29) is 24.0 Å². The second-order valence-corrected chi connectivity index (χ2v) is 4.96. The average Bonchev–Trinajstić information content (AvgIpc) is 2.80. The zero-order valence-corrected chi connectivity index (χ0v) is 10.5. The van der Waals surface area contributed by atoms with Gasteiger partial charge in [-0.1, -0.05) is 18.2 Å². The molecule has 2 aliphatic heterocycles. The van der Waals surface area contributed by atoms with E-state index in [1.165, 1.54) is 5.56 Å². The van der Waals surface area contributed by atoms with Gasteiger partial charge < -0.3 is 10.1 Å². The topological polar surface area (TPSA) is 67.4 Å². The number of hydrogen-bond donors (Lipinski definition) is 2. The van der Waals surface area contributed by atoms with Crippen LogP contribution in [0.3, 0.4) is 0 Å². The molecule has 1 aromatic carbocycles. The van der Waals surface area contributed by atoms with Gasteiger partial charge in [-0.2, -0.15) is 0 Å². The summed E-state index contributed by atoms with van der Waals surface area (Å²) in [5, 5.41) is 5.52. The molecule has 100 valence electrons. The van der Waals surface area contributed by atoms with Crippen molar-refractivity contribution in [2.45, 2.75) is 31.4 Å². The van der Waals surface area contributed by atoms with E-state index < -0.39 is 0 Å². The molecule has 2 N–H and O–H groups in total.